The Hall–Kier alpha value is -3.64. The average Bonchev–Trinajstić information content (AvgIpc) is 3.24. The van der Waals surface area contributed by atoms with Gasteiger partial charge in [0.1, 0.15) is 6.04 Å². The van der Waals surface area contributed by atoms with Gasteiger partial charge in [-0.1, -0.05) is 72.3 Å². The van der Waals surface area contributed by atoms with E-state index in [0.29, 0.717) is 22.6 Å². The lowest BCUT2D eigenvalue weighted by Gasteiger charge is -2.30. The number of nitrogens with two attached hydrogens (primary N) is 1. The van der Waals surface area contributed by atoms with E-state index in [1.165, 1.54) is 11.0 Å². The first-order valence-corrected chi connectivity index (χ1v) is 10.6. The summed E-state index contributed by atoms with van der Waals surface area (Å²) in [5.74, 6) is -2.43. The third-order valence-electron chi connectivity index (χ3n) is 5.80. The SMILES string of the molecule is NC(=O)c1cccc(-c2ccccc2)c1C(=O)N1C(C(=O)O)CCC1c1ccccc1Cl. The molecule has 32 heavy (non-hydrogen) atoms. The van der Waals surface area contributed by atoms with Crippen LogP contribution in [0.5, 0.6) is 0 Å². The fourth-order valence-corrected chi connectivity index (χ4v) is 4.62. The Morgan fingerprint density at radius 3 is 2.25 bits per heavy atom. The Morgan fingerprint density at radius 2 is 1.59 bits per heavy atom. The van der Waals surface area contributed by atoms with Gasteiger partial charge in [-0.3, -0.25) is 9.59 Å². The number of carbonyl (C=O) groups excluding carboxylic acids is 2. The molecule has 2 amide bonds. The van der Waals surface area contributed by atoms with Crippen LogP contribution in [0.1, 0.15) is 45.2 Å². The summed E-state index contributed by atoms with van der Waals surface area (Å²) >= 11 is 6.40. The van der Waals surface area contributed by atoms with Crippen molar-refractivity contribution in [2.75, 3.05) is 0 Å². The molecule has 4 rings (SSSR count). The number of primary amides is 1. The van der Waals surface area contributed by atoms with Crippen molar-refractivity contribution in [2.24, 2.45) is 5.73 Å². The third kappa shape index (κ3) is 3.85. The summed E-state index contributed by atoms with van der Waals surface area (Å²) in [7, 11) is 0. The van der Waals surface area contributed by atoms with Crippen LogP contribution in [0.25, 0.3) is 11.1 Å². The molecule has 2 atom stereocenters. The standard InChI is InChI=1S/C25H21ClN2O4/c26-19-12-5-4-9-17(19)20-13-14-21(25(31)32)28(20)24(30)22-16(15-7-2-1-3-8-15)10-6-11-18(22)23(27)29/h1-12,20-21H,13-14H2,(H2,27,29)(H,31,32). The van der Waals surface area contributed by atoms with Gasteiger partial charge in [0, 0.05) is 5.02 Å². The summed E-state index contributed by atoms with van der Waals surface area (Å²) < 4.78 is 0. The lowest BCUT2D eigenvalue weighted by Crippen LogP contribution is -2.42. The van der Waals surface area contributed by atoms with Crippen molar-refractivity contribution in [3.63, 3.8) is 0 Å². The number of aliphatic carboxylic acids is 1. The molecule has 0 aromatic heterocycles. The van der Waals surface area contributed by atoms with Crippen molar-refractivity contribution in [1.82, 2.24) is 4.90 Å². The highest BCUT2D eigenvalue weighted by Crippen LogP contribution is 2.41. The quantitative estimate of drug-likeness (QED) is 0.598. The molecule has 1 heterocycles. The number of halogens is 1. The second kappa shape index (κ2) is 8.85. The molecule has 162 valence electrons. The molecule has 3 aromatic rings. The third-order valence-corrected chi connectivity index (χ3v) is 6.14. The number of carboxylic acids is 1. The van der Waals surface area contributed by atoms with E-state index in [2.05, 4.69) is 0 Å². The first-order chi connectivity index (χ1) is 15.4. The maximum atomic E-state index is 14.0. The van der Waals surface area contributed by atoms with Gasteiger partial charge >= 0.3 is 5.97 Å². The molecular formula is C25H21ClN2O4. The second-order valence-electron chi connectivity index (χ2n) is 7.64. The predicted molar refractivity (Wildman–Crippen MR) is 121 cm³/mol. The van der Waals surface area contributed by atoms with E-state index in [1.54, 1.807) is 36.4 Å². The zero-order valence-corrected chi connectivity index (χ0v) is 17.8. The van der Waals surface area contributed by atoms with Crippen LogP contribution in [0.2, 0.25) is 5.02 Å². The van der Waals surface area contributed by atoms with Gasteiger partial charge in [-0.2, -0.15) is 0 Å². The number of carbonyl (C=O) groups is 3. The number of nitrogens with zero attached hydrogens (tertiary/aromatic N) is 1. The molecule has 1 saturated heterocycles. The fraction of sp³-hybridized carbons (Fsp3) is 0.160. The molecule has 0 aliphatic carbocycles. The van der Waals surface area contributed by atoms with Gasteiger partial charge in [0.25, 0.3) is 5.91 Å². The van der Waals surface area contributed by atoms with E-state index in [9.17, 15) is 19.5 Å². The first-order valence-electron chi connectivity index (χ1n) is 10.2. The number of hydrogen-bond donors (Lipinski definition) is 2. The average molecular weight is 449 g/mol. The fourth-order valence-electron chi connectivity index (χ4n) is 4.36. The Labute approximate surface area is 190 Å². The highest BCUT2D eigenvalue weighted by atomic mass is 35.5. The largest absolute Gasteiger partial charge is 0.480 e. The van der Waals surface area contributed by atoms with Crippen molar-refractivity contribution in [3.8, 4) is 11.1 Å². The zero-order valence-electron chi connectivity index (χ0n) is 17.1. The van der Waals surface area contributed by atoms with Crippen LogP contribution in [0.15, 0.2) is 72.8 Å². The van der Waals surface area contributed by atoms with Crippen LogP contribution in [0.3, 0.4) is 0 Å². The molecule has 0 radical (unpaired) electrons. The van der Waals surface area contributed by atoms with Gasteiger partial charge in [0.15, 0.2) is 0 Å². The molecule has 6 nitrogen and oxygen atoms in total. The van der Waals surface area contributed by atoms with Crippen molar-refractivity contribution in [2.45, 2.75) is 24.9 Å². The minimum absolute atomic E-state index is 0.0466. The molecule has 1 fully saturated rings. The summed E-state index contributed by atoms with van der Waals surface area (Å²) in [6.45, 7) is 0. The predicted octanol–water partition coefficient (Wildman–Crippen LogP) is 4.54. The van der Waals surface area contributed by atoms with Crippen molar-refractivity contribution >= 4 is 29.4 Å². The van der Waals surface area contributed by atoms with Crippen LogP contribution < -0.4 is 5.73 Å². The molecule has 0 saturated carbocycles. The van der Waals surface area contributed by atoms with Crippen LogP contribution >= 0.6 is 11.6 Å². The zero-order chi connectivity index (χ0) is 22.8. The summed E-state index contributed by atoms with van der Waals surface area (Å²) in [6.07, 6.45) is 0.711. The highest BCUT2D eigenvalue weighted by Gasteiger charge is 2.43. The van der Waals surface area contributed by atoms with E-state index in [4.69, 9.17) is 17.3 Å². The van der Waals surface area contributed by atoms with Crippen LogP contribution in [-0.4, -0.2) is 33.8 Å². The maximum absolute atomic E-state index is 14.0. The van der Waals surface area contributed by atoms with Crippen molar-refractivity contribution in [3.05, 3.63) is 94.5 Å². The molecule has 3 N–H and O–H groups in total. The van der Waals surface area contributed by atoms with Crippen LogP contribution in [0, 0.1) is 0 Å². The molecule has 7 heteroatoms. The molecule has 2 unspecified atom stereocenters. The van der Waals surface area contributed by atoms with E-state index in [-0.39, 0.29) is 17.5 Å². The topological polar surface area (TPSA) is 101 Å². The maximum Gasteiger partial charge on any atom is 0.326 e. The number of rotatable bonds is 5. The molecular weight excluding hydrogens is 428 g/mol. The van der Waals surface area contributed by atoms with Gasteiger partial charge in [-0.15, -0.1) is 0 Å². The Kier molecular flexibility index (Phi) is 5.97. The summed E-state index contributed by atoms with van der Waals surface area (Å²) in [6, 6.07) is 19.5. The molecule has 3 aromatic carbocycles. The number of likely N-dealkylation sites (tertiary alicyclic amines) is 1. The molecule has 1 aliphatic rings. The Morgan fingerprint density at radius 1 is 0.906 bits per heavy atom. The monoisotopic (exact) mass is 448 g/mol. The number of carboxylic acid groups (broad SMARTS) is 1. The van der Waals surface area contributed by atoms with Crippen molar-refractivity contribution in [1.29, 1.82) is 0 Å². The van der Waals surface area contributed by atoms with Gasteiger partial charge in [0.05, 0.1) is 17.2 Å². The minimum atomic E-state index is -1.11. The summed E-state index contributed by atoms with van der Waals surface area (Å²) in [5.41, 5.74) is 7.66. The lowest BCUT2D eigenvalue weighted by atomic mass is 9.93. The van der Waals surface area contributed by atoms with Gasteiger partial charge in [0.2, 0.25) is 5.91 Å². The Balaban J connectivity index is 1.90. The highest BCUT2D eigenvalue weighted by molar-refractivity contribution is 6.31. The number of benzene rings is 3. The molecule has 0 spiro atoms. The van der Waals surface area contributed by atoms with Crippen LogP contribution in [-0.2, 0) is 4.79 Å². The van der Waals surface area contributed by atoms with Gasteiger partial charge in [-0.25, -0.2) is 4.79 Å². The lowest BCUT2D eigenvalue weighted by molar-refractivity contribution is -0.141. The first kappa shape index (κ1) is 21.6. The Bertz CT molecular complexity index is 1200. The van der Waals surface area contributed by atoms with E-state index in [0.717, 1.165) is 5.56 Å². The summed E-state index contributed by atoms with van der Waals surface area (Å²) in [5, 5.41) is 10.3. The number of amides is 2. The molecule has 0 bridgehead atoms. The van der Waals surface area contributed by atoms with E-state index < -0.39 is 29.9 Å². The smallest absolute Gasteiger partial charge is 0.326 e. The number of hydrogen-bond acceptors (Lipinski definition) is 3. The van der Waals surface area contributed by atoms with Crippen molar-refractivity contribution < 1.29 is 19.5 Å². The van der Waals surface area contributed by atoms with Gasteiger partial charge in [-0.05, 0) is 41.7 Å². The van der Waals surface area contributed by atoms with E-state index in [1.807, 2.05) is 30.3 Å². The van der Waals surface area contributed by atoms with E-state index >= 15 is 0 Å². The van der Waals surface area contributed by atoms with Crippen LogP contribution in [0.4, 0.5) is 0 Å². The molecule has 1 aliphatic heterocycles. The summed E-state index contributed by atoms with van der Waals surface area (Å²) in [4.78, 5) is 39.6. The van der Waals surface area contributed by atoms with Gasteiger partial charge < -0.3 is 15.7 Å². The second-order valence-corrected chi connectivity index (χ2v) is 8.05. The normalized spacial score (nSPS) is 17.8. The minimum Gasteiger partial charge on any atom is -0.480 e.